The third-order valence-electron chi connectivity index (χ3n) is 4.71. The van der Waals surface area contributed by atoms with Crippen molar-refractivity contribution < 1.29 is 45.2 Å². The number of hydrogen-bond acceptors (Lipinski definition) is 11. The first kappa shape index (κ1) is 25.6. The van der Waals surface area contributed by atoms with Gasteiger partial charge >= 0.3 is 32.7 Å². The molecule has 0 spiro atoms. The normalized spacial score (nSPS) is 21.0. The molecule has 0 aromatic carbocycles. The van der Waals surface area contributed by atoms with E-state index in [9.17, 15) is 31.6 Å². The van der Waals surface area contributed by atoms with Gasteiger partial charge in [0.15, 0.2) is 0 Å². The summed E-state index contributed by atoms with van der Waals surface area (Å²) in [6, 6.07) is -3.17. The number of aromatic nitrogens is 2. The Morgan fingerprint density at radius 2 is 1.97 bits per heavy atom. The number of amides is 3. The van der Waals surface area contributed by atoms with Gasteiger partial charge in [-0.2, -0.15) is 31.7 Å². The van der Waals surface area contributed by atoms with Gasteiger partial charge in [-0.05, 0) is 20.8 Å². The van der Waals surface area contributed by atoms with E-state index in [1.165, 1.54) is 38.7 Å². The molecule has 2 aliphatic rings. The zero-order valence-electron chi connectivity index (χ0n) is 18.4. The van der Waals surface area contributed by atoms with Crippen LogP contribution in [-0.4, -0.2) is 82.9 Å². The molecule has 1 saturated heterocycles. The highest BCUT2D eigenvalue weighted by Crippen LogP contribution is 2.44. The van der Waals surface area contributed by atoms with E-state index >= 15 is 0 Å². The first-order valence-electron chi connectivity index (χ1n) is 9.53. The monoisotopic (exact) mass is 525 g/mol. The molecule has 17 nitrogen and oxygen atoms in total. The lowest BCUT2D eigenvalue weighted by molar-refractivity contribution is -0.0316. The Hall–Kier alpha value is -3.00. The zero-order valence-corrected chi connectivity index (χ0v) is 20.0. The zero-order chi connectivity index (χ0) is 25.6. The minimum absolute atomic E-state index is 0.153. The minimum atomic E-state index is -5.04. The minimum Gasteiger partial charge on any atom is -0.443 e. The molecule has 2 bridgehead atoms. The van der Waals surface area contributed by atoms with Gasteiger partial charge in [-0.15, -0.1) is 4.28 Å². The predicted molar refractivity (Wildman–Crippen MR) is 111 cm³/mol. The second-order valence-electron chi connectivity index (χ2n) is 8.31. The summed E-state index contributed by atoms with van der Waals surface area (Å²) in [4.78, 5) is 25.6. The molecule has 19 heteroatoms. The highest BCUT2D eigenvalue weighted by atomic mass is 32.3. The molecule has 3 amide bonds. The Kier molecular flexibility index (Phi) is 6.52. The van der Waals surface area contributed by atoms with Crippen molar-refractivity contribution in [2.24, 2.45) is 12.2 Å². The third kappa shape index (κ3) is 5.38. The van der Waals surface area contributed by atoms with Gasteiger partial charge in [0.1, 0.15) is 23.4 Å². The van der Waals surface area contributed by atoms with E-state index in [0.29, 0.717) is 10.6 Å². The van der Waals surface area contributed by atoms with Crippen LogP contribution in [0.5, 0.6) is 0 Å². The molecule has 0 saturated carbocycles. The number of urea groups is 1. The molecule has 190 valence electrons. The molecule has 1 aromatic heterocycles. The summed E-state index contributed by atoms with van der Waals surface area (Å²) in [5.74, 6) is 0. The molecule has 34 heavy (non-hydrogen) atoms. The van der Waals surface area contributed by atoms with Crippen LogP contribution in [0.3, 0.4) is 0 Å². The maximum atomic E-state index is 12.8. The van der Waals surface area contributed by atoms with E-state index in [1.54, 1.807) is 4.72 Å². The quantitative estimate of drug-likeness (QED) is 0.149. The second-order valence-corrected chi connectivity index (χ2v) is 10.8. The van der Waals surface area contributed by atoms with Gasteiger partial charge in [0, 0.05) is 12.6 Å². The number of nitrogens with one attached hydrogen (secondary N) is 2. The van der Waals surface area contributed by atoms with Crippen LogP contribution in [0.2, 0.25) is 0 Å². The number of hydroxylamine groups is 2. The largest absolute Gasteiger partial charge is 0.443 e. The molecule has 0 unspecified atom stereocenters. The Morgan fingerprint density at radius 1 is 1.32 bits per heavy atom. The van der Waals surface area contributed by atoms with Crippen LogP contribution < -0.4 is 9.44 Å². The van der Waals surface area contributed by atoms with Crippen molar-refractivity contribution in [1.29, 1.82) is 0 Å². The van der Waals surface area contributed by atoms with E-state index in [0.717, 1.165) is 4.90 Å². The smallest absolute Gasteiger partial charge is 0.422 e. The van der Waals surface area contributed by atoms with Gasteiger partial charge < -0.3 is 14.8 Å². The van der Waals surface area contributed by atoms with Crippen LogP contribution in [-0.2, 0) is 36.7 Å². The molecule has 2 aliphatic heterocycles. The fourth-order valence-corrected chi connectivity index (χ4v) is 4.61. The van der Waals surface area contributed by atoms with Crippen molar-refractivity contribution in [3.05, 3.63) is 17.5 Å². The van der Waals surface area contributed by atoms with E-state index in [1.807, 2.05) is 4.72 Å². The number of carbonyl (C=O) groups is 2. The number of rotatable bonds is 7. The number of aryl methyl sites for hydroxylation is 1. The summed E-state index contributed by atoms with van der Waals surface area (Å²) < 4.78 is 70.2. The van der Waals surface area contributed by atoms with Gasteiger partial charge in [0.2, 0.25) is 0 Å². The van der Waals surface area contributed by atoms with Gasteiger partial charge in [-0.25, -0.2) is 14.3 Å². The maximum Gasteiger partial charge on any atom is 0.422 e. The highest BCUT2D eigenvalue weighted by molar-refractivity contribution is 7.88. The lowest BCUT2D eigenvalue weighted by Gasteiger charge is -2.31. The molecular formula is C15H23N7O10S2. The van der Waals surface area contributed by atoms with Crippen molar-refractivity contribution in [3.8, 4) is 0 Å². The van der Waals surface area contributed by atoms with Crippen molar-refractivity contribution >= 4 is 38.4 Å². The first-order chi connectivity index (χ1) is 15.5. The standard InChI is InChI=1S/C15H23N7O10S2/c1-15(2,3)31-13(23)19-33(26,27)17-6-9(18-25)12-11-8(5-16-20(11)4)10-7-21(12)14(24)22(10)32-34(28,29)30/h5,10,12,17,25H,6-7H2,1-4H3,(H,19,23)(H,28,29,30)/b18-9+/t10-,12+/m0/s1. The number of ether oxygens (including phenoxy) is 1. The van der Waals surface area contributed by atoms with Crippen LogP contribution in [0.4, 0.5) is 9.59 Å². The summed E-state index contributed by atoms with van der Waals surface area (Å²) in [7, 11) is -8.02. The Bertz CT molecular complexity index is 1230. The third-order valence-corrected chi connectivity index (χ3v) is 6.02. The average Bonchev–Trinajstić information content (AvgIpc) is 3.15. The number of oxime groups is 1. The summed E-state index contributed by atoms with van der Waals surface area (Å²) >= 11 is 0. The topological polar surface area (TPSA) is 222 Å². The molecular weight excluding hydrogens is 502 g/mol. The molecule has 0 radical (unpaired) electrons. The summed E-state index contributed by atoms with van der Waals surface area (Å²) in [5, 5.41) is 17.2. The predicted octanol–water partition coefficient (Wildman–Crippen LogP) is -0.823. The lowest BCUT2D eigenvalue weighted by atomic mass is 9.95. The SMILES string of the molecule is Cn1ncc2c1[C@@H](/C(CNS(=O)(=O)NC(=O)OC(C)(C)C)=N/O)N1C[C@@H]2N(OS(=O)(=O)O)C1=O. The molecule has 1 aromatic rings. The van der Waals surface area contributed by atoms with Gasteiger partial charge in [-0.3, -0.25) is 9.23 Å². The highest BCUT2D eigenvalue weighted by Gasteiger charge is 2.53. The molecule has 4 N–H and O–H groups in total. The van der Waals surface area contributed by atoms with Crippen LogP contribution in [0.25, 0.3) is 0 Å². The number of fused-ring (bicyclic) bond motifs is 4. The van der Waals surface area contributed by atoms with E-state index in [-0.39, 0.29) is 18.0 Å². The fraction of sp³-hybridized carbons (Fsp3) is 0.600. The van der Waals surface area contributed by atoms with Crippen molar-refractivity contribution in [2.75, 3.05) is 13.1 Å². The van der Waals surface area contributed by atoms with Crippen LogP contribution in [0.15, 0.2) is 11.4 Å². The molecule has 3 rings (SSSR count). The maximum absolute atomic E-state index is 12.8. The molecule has 2 atom stereocenters. The molecule has 0 aliphatic carbocycles. The van der Waals surface area contributed by atoms with E-state index < -0.39 is 57.0 Å². The number of carbonyl (C=O) groups excluding carboxylic acids is 2. The van der Waals surface area contributed by atoms with Crippen LogP contribution >= 0.6 is 0 Å². The van der Waals surface area contributed by atoms with Gasteiger partial charge in [0.25, 0.3) is 0 Å². The summed E-state index contributed by atoms with van der Waals surface area (Å²) in [5.41, 5.74) is -0.662. The second kappa shape index (κ2) is 8.65. The van der Waals surface area contributed by atoms with Gasteiger partial charge in [-0.1, -0.05) is 5.16 Å². The lowest BCUT2D eigenvalue weighted by Crippen LogP contribution is -2.47. The van der Waals surface area contributed by atoms with Crippen molar-refractivity contribution in [3.63, 3.8) is 0 Å². The van der Waals surface area contributed by atoms with E-state index in [2.05, 4.69) is 14.5 Å². The summed E-state index contributed by atoms with van der Waals surface area (Å²) in [6.45, 7) is 3.78. The Morgan fingerprint density at radius 3 is 2.53 bits per heavy atom. The number of nitrogens with zero attached hydrogens (tertiary/aromatic N) is 5. The van der Waals surface area contributed by atoms with Crippen molar-refractivity contribution in [1.82, 2.24) is 29.2 Å². The first-order valence-corrected chi connectivity index (χ1v) is 12.4. The average molecular weight is 526 g/mol. The van der Waals surface area contributed by atoms with E-state index in [4.69, 9.17) is 9.29 Å². The van der Waals surface area contributed by atoms with Gasteiger partial charge in [0.05, 0.1) is 25.0 Å². The summed E-state index contributed by atoms with van der Waals surface area (Å²) in [6.07, 6.45) is 0.0802. The fourth-order valence-electron chi connectivity index (χ4n) is 3.57. The molecule has 1 fully saturated rings. The Labute approximate surface area is 194 Å². The van der Waals surface area contributed by atoms with Crippen LogP contribution in [0, 0.1) is 0 Å². The number of hydrogen-bond donors (Lipinski definition) is 4. The van der Waals surface area contributed by atoms with Crippen molar-refractivity contribution in [2.45, 2.75) is 38.5 Å². The Balaban J connectivity index is 1.85. The molecule has 3 heterocycles. The van der Waals surface area contributed by atoms with Crippen LogP contribution in [0.1, 0.15) is 44.1 Å².